The van der Waals surface area contributed by atoms with Gasteiger partial charge >= 0.3 is 0 Å². The minimum atomic E-state index is 0.0724. The first-order chi connectivity index (χ1) is 5.33. The number of hydrogen-bond acceptors (Lipinski definition) is 1. The van der Waals surface area contributed by atoms with Crippen LogP contribution < -0.4 is 0 Å². The molecule has 0 unspecified atom stereocenters. The Morgan fingerprint density at radius 3 is 2.64 bits per heavy atom. The molecule has 0 aromatic heterocycles. The molecule has 1 nitrogen and oxygen atoms in total. The summed E-state index contributed by atoms with van der Waals surface area (Å²) in [6.45, 7) is 3.67. The lowest BCUT2D eigenvalue weighted by molar-refractivity contribution is 0.194. The highest BCUT2D eigenvalue weighted by Crippen LogP contribution is 2.44. The standard InChI is InChI=1S/C10H15N/c1-2-3-4-6-10(9-11)7-5-8-10/h2H,1,3-8H2. The first kappa shape index (κ1) is 8.33. The minimum Gasteiger partial charge on any atom is -0.198 e. The van der Waals surface area contributed by atoms with Crippen LogP contribution in [-0.4, -0.2) is 0 Å². The van der Waals surface area contributed by atoms with Gasteiger partial charge in [-0.25, -0.2) is 0 Å². The van der Waals surface area contributed by atoms with Crippen molar-refractivity contribution in [1.29, 1.82) is 5.26 Å². The Labute approximate surface area is 68.7 Å². The van der Waals surface area contributed by atoms with E-state index >= 15 is 0 Å². The fraction of sp³-hybridized carbons (Fsp3) is 0.700. The topological polar surface area (TPSA) is 23.8 Å². The van der Waals surface area contributed by atoms with Gasteiger partial charge in [0.15, 0.2) is 0 Å². The van der Waals surface area contributed by atoms with Gasteiger partial charge in [-0.2, -0.15) is 5.26 Å². The maximum Gasteiger partial charge on any atom is 0.0689 e. The Morgan fingerprint density at radius 2 is 2.27 bits per heavy atom. The molecule has 0 saturated heterocycles. The Hall–Kier alpha value is -0.770. The molecule has 0 N–H and O–H groups in total. The molecular formula is C10H15N. The molecule has 11 heavy (non-hydrogen) atoms. The monoisotopic (exact) mass is 149 g/mol. The van der Waals surface area contributed by atoms with Gasteiger partial charge in [0.2, 0.25) is 0 Å². The predicted molar refractivity (Wildman–Crippen MR) is 45.9 cm³/mol. The molecule has 1 rings (SSSR count). The summed E-state index contributed by atoms with van der Waals surface area (Å²) in [7, 11) is 0. The van der Waals surface area contributed by atoms with Crippen LogP contribution in [-0.2, 0) is 0 Å². The molecule has 60 valence electrons. The predicted octanol–water partition coefficient (Wildman–Crippen LogP) is 3.04. The van der Waals surface area contributed by atoms with Gasteiger partial charge in [0.1, 0.15) is 0 Å². The normalized spacial score (nSPS) is 19.9. The van der Waals surface area contributed by atoms with Crippen LogP contribution in [0.25, 0.3) is 0 Å². The van der Waals surface area contributed by atoms with Crippen LogP contribution in [0.3, 0.4) is 0 Å². The maximum absolute atomic E-state index is 8.86. The molecule has 1 aliphatic rings. The van der Waals surface area contributed by atoms with Crippen molar-refractivity contribution in [3.05, 3.63) is 12.7 Å². The average molecular weight is 149 g/mol. The third-order valence-electron chi connectivity index (χ3n) is 2.61. The van der Waals surface area contributed by atoms with E-state index in [1.807, 2.05) is 6.08 Å². The van der Waals surface area contributed by atoms with Crippen LogP contribution in [0.5, 0.6) is 0 Å². The number of nitrogens with zero attached hydrogens (tertiary/aromatic N) is 1. The lowest BCUT2D eigenvalue weighted by Crippen LogP contribution is -2.27. The lowest BCUT2D eigenvalue weighted by Gasteiger charge is -2.35. The Balaban J connectivity index is 2.23. The van der Waals surface area contributed by atoms with Gasteiger partial charge in [-0.05, 0) is 32.1 Å². The van der Waals surface area contributed by atoms with E-state index < -0.39 is 0 Å². The number of allylic oxidation sites excluding steroid dienone is 1. The fourth-order valence-corrected chi connectivity index (χ4v) is 1.61. The fourth-order valence-electron chi connectivity index (χ4n) is 1.61. The Kier molecular flexibility index (Phi) is 2.70. The van der Waals surface area contributed by atoms with Gasteiger partial charge in [0.25, 0.3) is 0 Å². The zero-order valence-corrected chi connectivity index (χ0v) is 6.97. The van der Waals surface area contributed by atoms with Gasteiger partial charge in [0.05, 0.1) is 11.5 Å². The summed E-state index contributed by atoms with van der Waals surface area (Å²) in [6, 6.07) is 2.44. The smallest absolute Gasteiger partial charge is 0.0689 e. The molecule has 0 aromatic rings. The van der Waals surface area contributed by atoms with E-state index in [2.05, 4.69) is 12.6 Å². The minimum absolute atomic E-state index is 0.0724. The SMILES string of the molecule is C=CCCCC1(C#N)CCC1. The summed E-state index contributed by atoms with van der Waals surface area (Å²) in [5.41, 5.74) is 0.0724. The van der Waals surface area contributed by atoms with Crippen molar-refractivity contribution in [3.8, 4) is 6.07 Å². The molecule has 0 heterocycles. The van der Waals surface area contributed by atoms with Crippen molar-refractivity contribution < 1.29 is 0 Å². The van der Waals surface area contributed by atoms with E-state index in [1.54, 1.807) is 0 Å². The van der Waals surface area contributed by atoms with Crippen molar-refractivity contribution in [2.24, 2.45) is 5.41 Å². The molecule has 1 aliphatic carbocycles. The summed E-state index contributed by atoms with van der Waals surface area (Å²) in [5, 5.41) is 8.86. The first-order valence-electron chi connectivity index (χ1n) is 4.35. The van der Waals surface area contributed by atoms with E-state index in [4.69, 9.17) is 5.26 Å². The molecule has 0 aromatic carbocycles. The largest absolute Gasteiger partial charge is 0.198 e. The summed E-state index contributed by atoms with van der Waals surface area (Å²) in [4.78, 5) is 0. The molecule has 0 aliphatic heterocycles. The highest BCUT2D eigenvalue weighted by Gasteiger charge is 2.35. The Morgan fingerprint density at radius 1 is 1.55 bits per heavy atom. The quantitative estimate of drug-likeness (QED) is 0.445. The summed E-state index contributed by atoms with van der Waals surface area (Å²) in [5.74, 6) is 0. The van der Waals surface area contributed by atoms with E-state index in [9.17, 15) is 0 Å². The van der Waals surface area contributed by atoms with E-state index in [0.717, 1.165) is 32.1 Å². The van der Waals surface area contributed by atoms with Crippen LogP contribution in [0, 0.1) is 16.7 Å². The van der Waals surface area contributed by atoms with Crippen molar-refractivity contribution >= 4 is 0 Å². The third-order valence-corrected chi connectivity index (χ3v) is 2.61. The van der Waals surface area contributed by atoms with E-state index in [-0.39, 0.29) is 5.41 Å². The van der Waals surface area contributed by atoms with Gasteiger partial charge < -0.3 is 0 Å². The summed E-state index contributed by atoms with van der Waals surface area (Å²) >= 11 is 0. The van der Waals surface area contributed by atoms with Crippen LogP contribution >= 0.6 is 0 Å². The molecular weight excluding hydrogens is 134 g/mol. The molecule has 1 heteroatoms. The maximum atomic E-state index is 8.86. The van der Waals surface area contributed by atoms with Crippen LogP contribution in [0.15, 0.2) is 12.7 Å². The average Bonchev–Trinajstić information content (AvgIpc) is 1.95. The lowest BCUT2D eigenvalue weighted by atomic mass is 9.67. The zero-order chi connectivity index (χ0) is 8.16. The van der Waals surface area contributed by atoms with Crippen LogP contribution in [0.4, 0.5) is 0 Å². The van der Waals surface area contributed by atoms with Gasteiger partial charge in [-0.3, -0.25) is 0 Å². The molecule has 1 fully saturated rings. The number of nitriles is 1. The molecule has 0 spiro atoms. The second kappa shape index (κ2) is 3.57. The van der Waals surface area contributed by atoms with Gasteiger partial charge in [-0.15, -0.1) is 6.58 Å². The van der Waals surface area contributed by atoms with Crippen LogP contribution in [0.2, 0.25) is 0 Å². The highest BCUT2D eigenvalue weighted by atomic mass is 14.4. The first-order valence-corrected chi connectivity index (χ1v) is 4.35. The van der Waals surface area contributed by atoms with Crippen LogP contribution in [0.1, 0.15) is 38.5 Å². The number of rotatable bonds is 4. The Bertz CT molecular complexity index is 172. The van der Waals surface area contributed by atoms with Gasteiger partial charge in [0, 0.05) is 0 Å². The molecule has 0 radical (unpaired) electrons. The molecule has 0 bridgehead atoms. The van der Waals surface area contributed by atoms with E-state index in [0.29, 0.717) is 0 Å². The van der Waals surface area contributed by atoms with E-state index in [1.165, 1.54) is 6.42 Å². The second-order valence-electron chi connectivity index (χ2n) is 3.43. The second-order valence-corrected chi connectivity index (χ2v) is 3.43. The number of unbranched alkanes of at least 4 members (excludes halogenated alkanes) is 1. The summed E-state index contributed by atoms with van der Waals surface area (Å²) in [6.07, 6.45) is 8.71. The summed E-state index contributed by atoms with van der Waals surface area (Å²) < 4.78 is 0. The van der Waals surface area contributed by atoms with Crippen molar-refractivity contribution in [3.63, 3.8) is 0 Å². The molecule has 0 atom stereocenters. The zero-order valence-electron chi connectivity index (χ0n) is 6.97. The third kappa shape index (κ3) is 1.83. The highest BCUT2D eigenvalue weighted by molar-refractivity contribution is 5.04. The van der Waals surface area contributed by atoms with Crippen molar-refractivity contribution in [1.82, 2.24) is 0 Å². The van der Waals surface area contributed by atoms with Crippen molar-refractivity contribution in [2.75, 3.05) is 0 Å². The van der Waals surface area contributed by atoms with Crippen molar-refractivity contribution in [2.45, 2.75) is 38.5 Å². The molecule has 0 amide bonds. The number of hydrogen-bond donors (Lipinski definition) is 0. The molecule has 1 saturated carbocycles. The van der Waals surface area contributed by atoms with Gasteiger partial charge in [-0.1, -0.05) is 12.5 Å².